The van der Waals surface area contributed by atoms with Gasteiger partial charge in [0.15, 0.2) is 11.5 Å². The van der Waals surface area contributed by atoms with Crippen molar-refractivity contribution in [2.75, 3.05) is 28.4 Å². The molecule has 0 spiro atoms. The molecular weight excluding hydrogens is 422 g/mol. The van der Waals surface area contributed by atoms with Crippen LogP contribution in [0.5, 0.6) is 23.0 Å². The van der Waals surface area contributed by atoms with E-state index in [1.54, 1.807) is 18.1 Å². The Labute approximate surface area is 193 Å². The number of fused-ring (bicyclic) bond motifs is 1. The van der Waals surface area contributed by atoms with Gasteiger partial charge in [0.05, 0.1) is 40.0 Å². The van der Waals surface area contributed by atoms with Crippen LogP contribution in [0, 0.1) is 0 Å². The lowest BCUT2D eigenvalue weighted by Gasteiger charge is -2.30. The highest BCUT2D eigenvalue weighted by atomic mass is 16.5. The van der Waals surface area contributed by atoms with Gasteiger partial charge in [-0.2, -0.15) is 0 Å². The topological polar surface area (TPSA) is 77.5 Å². The molecule has 7 nitrogen and oxygen atoms in total. The summed E-state index contributed by atoms with van der Waals surface area (Å²) < 4.78 is 21.9. The average Bonchev–Trinajstić information content (AvgIpc) is 3.14. The van der Waals surface area contributed by atoms with Gasteiger partial charge in [-0.3, -0.25) is 4.79 Å². The lowest BCUT2D eigenvalue weighted by atomic mass is 9.94. The molecule has 0 saturated carbocycles. The van der Waals surface area contributed by atoms with E-state index in [0.717, 1.165) is 11.3 Å². The minimum atomic E-state index is -0.961. The Morgan fingerprint density at radius 1 is 0.879 bits per heavy atom. The normalized spacial score (nSPS) is 15.7. The zero-order valence-corrected chi connectivity index (χ0v) is 19.1. The van der Waals surface area contributed by atoms with Gasteiger partial charge in [0.2, 0.25) is 5.75 Å². The molecule has 0 bridgehead atoms. The number of amides is 1. The SMILES string of the molecule is COc1ccc(CN2C(=O)c3c(cc(OC)c(OC)c3OC)[C@@H]2[C@H](O)c2ccccc2)cc1. The first-order chi connectivity index (χ1) is 16.0. The fraction of sp³-hybridized carbons (Fsp3) is 0.269. The van der Waals surface area contributed by atoms with Crippen molar-refractivity contribution in [3.05, 3.63) is 82.9 Å². The zero-order valence-electron chi connectivity index (χ0n) is 19.1. The van der Waals surface area contributed by atoms with E-state index in [-0.39, 0.29) is 5.91 Å². The molecule has 1 aliphatic heterocycles. The van der Waals surface area contributed by atoms with E-state index in [0.29, 0.717) is 40.5 Å². The Morgan fingerprint density at radius 2 is 1.55 bits per heavy atom. The van der Waals surface area contributed by atoms with E-state index in [2.05, 4.69) is 0 Å². The van der Waals surface area contributed by atoms with Crippen LogP contribution in [0.15, 0.2) is 60.7 Å². The van der Waals surface area contributed by atoms with E-state index < -0.39 is 12.1 Å². The Hall–Kier alpha value is -3.71. The number of methoxy groups -OCH3 is 4. The third-order valence-electron chi connectivity index (χ3n) is 5.94. The minimum Gasteiger partial charge on any atom is -0.497 e. The number of aliphatic hydroxyl groups excluding tert-OH is 1. The van der Waals surface area contributed by atoms with Crippen molar-refractivity contribution in [1.82, 2.24) is 4.90 Å². The van der Waals surface area contributed by atoms with Crippen molar-refractivity contribution in [2.45, 2.75) is 18.7 Å². The van der Waals surface area contributed by atoms with E-state index in [1.807, 2.05) is 54.6 Å². The van der Waals surface area contributed by atoms with Crippen molar-refractivity contribution in [2.24, 2.45) is 0 Å². The van der Waals surface area contributed by atoms with Crippen LogP contribution in [0.4, 0.5) is 0 Å². The molecule has 3 aromatic rings. The molecule has 33 heavy (non-hydrogen) atoms. The summed E-state index contributed by atoms with van der Waals surface area (Å²) in [4.78, 5) is 15.4. The summed E-state index contributed by atoms with van der Waals surface area (Å²) in [5.74, 6) is 1.54. The summed E-state index contributed by atoms with van der Waals surface area (Å²) in [5.41, 5.74) is 2.60. The molecule has 4 rings (SSSR count). The van der Waals surface area contributed by atoms with Crippen LogP contribution >= 0.6 is 0 Å². The van der Waals surface area contributed by atoms with Gasteiger partial charge in [0.25, 0.3) is 5.91 Å². The molecule has 0 aromatic heterocycles. The summed E-state index contributed by atoms with van der Waals surface area (Å²) in [7, 11) is 6.12. The minimum absolute atomic E-state index is 0.251. The van der Waals surface area contributed by atoms with Gasteiger partial charge in [0.1, 0.15) is 11.9 Å². The number of carbonyl (C=O) groups is 1. The van der Waals surface area contributed by atoms with E-state index in [1.165, 1.54) is 21.3 Å². The Kier molecular flexibility index (Phi) is 6.42. The van der Waals surface area contributed by atoms with Crippen LogP contribution in [0.2, 0.25) is 0 Å². The lowest BCUT2D eigenvalue weighted by molar-refractivity contribution is 0.0398. The largest absolute Gasteiger partial charge is 0.497 e. The number of ether oxygens (including phenoxy) is 4. The maximum atomic E-state index is 13.7. The second kappa shape index (κ2) is 9.42. The molecule has 3 aromatic carbocycles. The average molecular weight is 450 g/mol. The molecule has 0 fully saturated rings. The molecule has 172 valence electrons. The monoisotopic (exact) mass is 449 g/mol. The summed E-state index contributed by atoms with van der Waals surface area (Å²) in [5, 5.41) is 11.4. The van der Waals surface area contributed by atoms with Crippen molar-refractivity contribution >= 4 is 5.91 Å². The summed E-state index contributed by atoms with van der Waals surface area (Å²) >= 11 is 0. The van der Waals surface area contributed by atoms with Gasteiger partial charge >= 0.3 is 0 Å². The predicted octanol–water partition coefficient (Wildman–Crippen LogP) is 4.15. The quantitative estimate of drug-likeness (QED) is 0.557. The summed E-state index contributed by atoms with van der Waals surface area (Å²) in [6.45, 7) is 0.292. The number of benzene rings is 3. The molecule has 1 heterocycles. The van der Waals surface area contributed by atoms with Crippen LogP contribution < -0.4 is 18.9 Å². The second-order valence-corrected chi connectivity index (χ2v) is 7.69. The van der Waals surface area contributed by atoms with Crippen molar-refractivity contribution in [3.63, 3.8) is 0 Å². The highest BCUT2D eigenvalue weighted by Gasteiger charge is 2.45. The zero-order chi connectivity index (χ0) is 23.5. The smallest absolute Gasteiger partial charge is 0.259 e. The predicted molar refractivity (Wildman–Crippen MR) is 123 cm³/mol. The van der Waals surface area contributed by atoms with Crippen LogP contribution in [-0.2, 0) is 6.54 Å². The highest BCUT2D eigenvalue weighted by Crippen LogP contribution is 2.51. The molecule has 0 radical (unpaired) electrons. The van der Waals surface area contributed by atoms with Gasteiger partial charge < -0.3 is 29.0 Å². The molecular formula is C26H27NO6. The maximum absolute atomic E-state index is 13.7. The summed E-state index contributed by atoms with van der Waals surface area (Å²) in [6, 6.07) is 17.9. The van der Waals surface area contributed by atoms with E-state index >= 15 is 0 Å². The molecule has 2 atom stereocenters. The van der Waals surface area contributed by atoms with Gasteiger partial charge in [0, 0.05) is 6.54 Å². The molecule has 1 aliphatic rings. The van der Waals surface area contributed by atoms with Crippen LogP contribution in [0.1, 0.15) is 39.2 Å². The first kappa shape index (κ1) is 22.5. The Bertz CT molecular complexity index is 1130. The molecule has 0 unspecified atom stereocenters. The van der Waals surface area contributed by atoms with Crippen LogP contribution in [0.3, 0.4) is 0 Å². The number of hydrogen-bond acceptors (Lipinski definition) is 6. The molecule has 0 saturated heterocycles. The van der Waals surface area contributed by atoms with Gasteiger partial charge in [-0.25, -0.2) is 0 Å². The summed E-state index contributed by atoms with van der Waals surface area (Å²) in [6.07, 6.45) is -0.961. The van der Waals surface area contributed by atoms with Crippen molar-refractivity contribution in [3.8, 4) is 23.0 Å². The molecule has 1 N–H and O–H groups in total. The van der Waals surface area contributed by atoms with Crippen LogP contribution in [-0.4, -0.2) is 44.4 Å². The van der Waals surface area contributed by atoms with Gasteiger partial charge in [-0.15, -0.1) is 0 Å². The van der Waals surface area contributed by atoms with Crippen molar-refractivity contribution < 1.29 is 28.8 Å². The lowest BCUT2D eigenvalue weighted by Crippen LogP contribution is -2.31. The van der Waals surface area contributed by atoms with Crippen molar-refractivity contribution in [1.29, 1.82) is 0 Å². The third kappa shape index (κ3) is 3.96. The Morgan fingerprint density at radius 3 is 2.12 bits per heavy atom. The number of nitrogens with zero attached hydrogens (tertiary/aromatic N) is 1. The molecule has 7 heteroatoms. The molecule has 1 amide bonds. The van der Waals surface area contributed by atoms with E-state index in [9.17, 15) is 9.90 Å². The standard InChI is InChI=1S/C26H27NO6/c1-30-18-12-10-16(11-13-18)15-27-22(23(28)17-8-6-5-7-9-17)19-14-20(31-2)24(32-3)25(33-4)21(19)26(27)29/h5-14,22-23,28H,15H2,1-4H3/t22-,23-/m1/s1. The number of rotatable bonds is 8. The van der Waals surface area contributed by atoms with Gasteiger partial charge in [-0.1, -0.05) is 42.5 Å². The van der Waals surface area contributed by atoms with Crippen LogP contribution in [0.25, 0.3) is 0 Å². The van der Waals surface area contributed by atoms with E-state index in [4.69, 9.17) is 18.9 Å². The number of aliphatic hydroxyl groups is 1. The first-order valence-electron chi connectivity index (χ1n) is 10.5. The second-order valence-electron chi connectivity index (χ2n) is 7.69. The Balaban J connectivity index is 1.85. The fourth-order valence-electron chi connectivity index (χ4n) is 4.34. The number of hydrogen-bond donors (Lipinski definition) is 1. The number of carbonyl (C=O) groups excluding carboxylic acids is 1. The third-order valence-corrected chi connectivity index (χ3v) is 5.94. The molecule has 0 aliphatic carbocycles. The van der Waals surface area contributed by atoms with Gasteiger partial charge in [-0.05, 0) is 34.9 Å². The fourth-order valence-corrected chi connectivity index (χ4v) is 4.34. The first-order valence-corrected chi connectivity index (χ1v) is 10.5. The maximum Gasteiger partial charge on any atom is 0.259 e. The highest BCUT2D eigenvalue weighted by molar-refractivity contribution is 6.03.